The minimum atomic E-state index is 0. The molecular formula is C56H104Cl2N2. The number of benzene rings is 2. The Balaban J connectivity index is 0. The third kappa shape index (κ3) is 36.4. The number of unbranched alkanes of at least 4 members (excludes halogenated alkanes) is 30. The molecular weight excluding hydrogens is 772 g/mol. The second-order valence-corrected chi connectivity index (χ2v) is 19.7. The first-order chi connectivity index (χ1) is 28.3. The Morgan fingerprint density at radius 2 is 0.633 bits per heavy atom. The van der Waals surface area contributed by atoms with Crippen LogP contribution in [0, 0.1) is 0 Å². The van der Waals surface area contributed by atoms with Gasteiger partial charge < -0.3 is 33.8 Å². The van der Waals surface area contributed by atoms with E-state index in [0.717, 1.165) is 15.5 Å². The molecule has 0 aliphatic carbocycles. The van der Waals surface area contributed by atoms with Gasteiger partial charge in [-0.15, -0.1) is 0 Å². The number of hydrogen-bond donors (Lipinski definition) is 0. The van der Waals surface area contributed by atoms with E-state index in [1.54, 1.807) is 0 Å². The quantitative estimate of drug-likeness (QED) is 0.0464. The highest BCUT2D eigenvalue weighted by atomic mass is 35.5. The third-order valence-electron chi connectivity index (χ3n) is 13.1. The van der Waals surface area contributed by atoms with Crippen molar-refractivity contribution in [3.8, 4) is 0 Å². The van der Waals surface area contributed by atoms with Crippen LogP contribution >= 0.6 is 0 Å². The van der Waals surface area contributed by atoms with E-state index in [2.05, 4.69) is 110 Å². The molecule has 2 nitrogen and oxygen atoms in total. The maximum atomic E-state index is 2.42. The summed E-state index contributed by atoms with van der Waals surface area (Å²) < 4.78 is 2.24. The van der Waals surface area contributed by atoms with Crippen molar-refractivity contribution in [2.45, 2.75) is 245 Å². The van der Waals surface area contributed by atoms with Gasteiger partial charge in [-0.05, 0) is 25.7 Å². The van der Waals surface area contributed by atoms with Crippen LogP contribution in [0.5, 0.6) is 0 Å². The molecule has 4 heteroatoms. The minimum Gasteiger partial charge on any atom is -1.00 e. The van der Waals surface area contributed by atoms with Gasteiger partial charge in [-0.2, -0.15) is 0 Å². The second kappa shape index (κ2) is 43.2. The van der Waals surface area contributed by atoms with Gasteiger partial charge in [0.15, 0.2) is 0 Å². The maximum Gasteiger partial charge on any atom is 0.114 e. The predicted octanol–water partition coefficient (Wildman–Crippen LogP) is 12.0. The summed E-state index contributed by atoms with van der Waals surface area (Å²) in [5.41, 5.74) is 2.96. The average molecular weight is 876 g/mol. The van der Waals surface area contributed by atoms with Crippen molar-refractivity contribution in [2.24, 2.45) is 0 Å². The molecule has 0 amide bonds. The van der Waals surface area contributed by atoms with E-state index in [1.165, 1.54) is 236 Å². The van der Waals surface area contributed by atoms with Crippen LogP contribution < -0.4 is 24.8 Å². The van der Waals surface area contributed by atoms with Gasteiger partial charge >= 0.3 is 0 Å². The topological polar surface area (TPSA) is 0 Å². The van der Waals surface area contributed by atoms with Crippen LogP contribution in [0.25, 0.3) is 0 Å². The second-order valence-electron chi connectivity index (χ2n) is 19.7. The molecule has 1 unspecified atom stereocenters. The number of halogens is 2. The van der Waals surface area contributed by atoms with E-state index in [0.29, 0.717) is 6.04 Å². The summed E-state index contributed by atoms with van der Waals surface area (Å²) in [4.78, 5) is 0. The summed E-state index contributed by atoms with van der Waals surface area (Å²) in [5, 5.41) is 0. The number of nitrogens with zero attached hydrogens (tertiary/aromatic N) is 2. The summed E-state index contributed by atoms with van der Waals surface area (Å²) in [6, 6.07) is 22.7. The number of rotatable bonds is 39. The molecule has 0 aromatic heterocycles. The molecule has 0 saturated carbocycles. The average Bonchev–Trinajstić information content (AvgIpc) is 3.21. The van der Waals surface area contributed by atoms with Gasteiger partial charge in [0.2, 0.25) is 0 Å². The molecule has 0 aliphatic heterocycles. The molecule has 2 aromatic carbocycles. The van der Waals surface area contributed by atoms with Crippen LogP contribution in [0.2, 0.25) is 0 Å². The number of quaternary nitrogens is 2. The van der Waals surface area contributed by atoms with Crippen LogP contribution in [-0.4, -0.2) is 50.2 Å². The normalized spacial score (nSPS) is 12.0. The Kier molecular flexibility index (Phi) is 43.9. The molecule has 0 fully saturated rings. The Bertz CT molecular complexity index is 1100. The molecule has 2 aromatic rings. The molecule has 0 aliphatic rings. The standard InChI is InChI=1S/C29H54N.C27H50N.2ClH/c1-5-7-8-9-10-11-12-13-14-15-16-17-18-19-20-24-27-30(3,4)29(6-2)28-25-22-21-23-26-28;1-4-5-6-7-8-9-10-11-12-13-14-15-16-17-18-22-25-28(2,3)26-27-23-20-19-21-24-27;;/h21-23,25-26,29H,5-20,24,27H2,1-4H3;19-21,23-24H,4-18,22,25-26H2,1-3H3;2*1H/q2*+1;;/p-2. The summed E-state index contributed by atoms with van der Waals surface area (Å²) in [6.07, 6.45) is 47.5. The highest BCUT2D eigenvalue weighted by Gasteiger charge is 2.27. The highest BCUT2D eigenvalue weighted by Crippen LogP contribution is 2.29. The van der Waals surface area contributed by atoms with Gasteiger partial charge in [0.05, 0.1) is 41.3 Å². The van der Waals surface area contributed by atoms with Crippen molar-refractivity contribution in [3.05, 3.63) is 71.8 Å². The van der Waals surface area contributed by atoms with E-state index in [4.69, 9.17) is 0 Å². The van der Waals surface area contributed by atoms with E-state index in [-0.39, 0.29) is 24.8 Å². The van der Waals surface area contributed by atoms with Crippen LogP contribution in [0.15, 0.2) is 60.7 Å². The van der Waals surface area contributed by atoms with Gasteiger partial charge in [0, 0.05) is 17.5 Å². The zero-order valence-corrected chi connectivity index (χ0v) is 43.0. The molecule has 0 radical (unpaired) electrons. The predicted molar refractivity (Wildman–Crippen MR) is 263 cm³/mol. The first-order valence-electron chi connectivity index (χ1n) is 26.0. The first kappa shape index (κ1) is 61.0. The molecule has 0 N–H and O–H groups in total. The molecule has 1 atom stereocenters. The van der Waals surface area contributed by atoms with Crippen molar-refractivity contribution in [1.29, 1.82) is 0 Å². The van der Waals surface area contributed by atoms with Crippen LogP contribution in [0.1, 0.15) is 250 Å². The van der Waals surface area contributed by atoms with Crippen LogP contribution in [0.3, 0.4) is 0 Å². The van der Waals surface area contributed by atoms with Gasteiger partial charge in [0.1, 0.15) is 12.6 Å². The van der Waals surface area contributed by atoms with Crippen molar-refractivity contribution in [3.63, 3.8) is 0 Å². The van der Waals surface area contributed by atoms with Crippen LogP contribution in [0.4, 0.5) is 0 Å². The lowest BCUT2D eigenvalue weighted by Gasteiger charge is -2.38. The molecule has 2 rings (SSSR count). The fraction of sp³-hybridized carbons (Fsp3) is 0.786. The van der Waals surface area contributed by atoms with Crippen molar-refractivity contribution in [1.82, 2.24) is 0 Å². The summed E-state index contributed by atoms with van der Waals surface area (Å²) >= 11 is 0. The Hall–Kier alpha value is -1.06. The van der Waals surface area contributed by atoms with Crippen LogP contribution in [-0.2, 0) is 6.54 Å². The lowest BCUT2D eigenvalue weighted by Crippen LogP contribution is -3.00. The third-order valence-corrected chi connectivity index (χ3v) is 13.1. The zero-order chi connectivity index (χ0) is 42.3. The van der Waals surface area contributed by atoms with E-state index < -0.39 is 0 Å². The van der Waals surface area contributed by atoms with Crippen molar-refractivity contribution >= 4 is 0 Å². The van der Waals surface area contributed by atoms with Gasteiger partial charge in [-0.25, -0.2) is 0 Å². The maximum absolute atomic E-state index is 2.42. The Morgan fingerprint density at radius 3 is 0.950 bits per heavy atom. The van der Waals surface area contributed by atoms with Crippen molar-refractivity contribution in [2.75, 3.05) is 41.3 Å². The molecule has 352 valence electrons. The first-order valence-corrected chi connectivity index (χ1v) is 26.0. The Morgan fingerprint density at radius 1 is 0.350 bits per heavy atom. The molecule has 60 heavy (non-hydrogen) atoms. The van der Waals surface area contributed by atoms with E-state index in [9.17, 15) is 0 Å². The zero-order valence-electron chi connectivity index (χ0n) is 41.5. The largest absolute Gasteiger partial charge is 1.00 e. The van der Waals surface area contributed by atoms with Crippen molar-refractivity contribution < 1.29 is 33.8 Å². The highest BCUT2D eigenvalue weighted by molar-refractivity contribution is 5.17. The molecule has 0 spiro atoms. The lowest BCUT2D eigenvalue weighted by molar-refractivity contribution is -0.921. The van der Waals surface area contributed by atoms with Gasteiger partial charge in [-0.3, -0.25) is 0 Å². The SMILES string of the molecule is CCCCCCCCCCCCCCCCCC[N+](C)(C)C(CC)c1ccccc1.CCCCCCCCCCCCCCCCCC[N+](C)(C)Cc1ccccc1.[Cl-].[Cl-]. The van der Waals surface area contributed by atoms with Gasteiger partial charge in [0.25, 0.3) is 0 Å². The fourth-order valence-corrected chi connectivity index (χ4v) is 9.28. The van der Waals surface area contributed by atoms with Gasteiger partial charge in [-0.1, -0.05) is 261 Å². The van der Waals surface area contributed by atoms with E-state index in [1.807, 2.05) is 0 Å². The van der Waals surface area contributed by atoms with E-state index >= 15 is 0 Å². The molecule has 0 bridgehead atoms. The minimum absolute atomic E-state index is 0. The number of hydrogen-bond acceptors (Lipinski definition) is 0. The monoisotopic (exact) mass is 875 g/mol. The molecule has 0 saturated heterocycles. The lowest BCUT2D eigenvalue weighted by atomic mass is 10.00. The Labute approximate surface area is 390 Å². The fourth-order valence-electron chi connectivity index (χ4n) is 9.28. The molecule has 0 heterocycles. The smallest absolute Gasteiger partial charge is 0.114 e. The summed E-state index contributed by atoms with van der Waals surface area (Å²) in [7, 11) is 9.59. The summed E-state index contributed by atoms with van der Waals surface area (Å²) in [5.74, 6) is 0. The summed E-state index contributed by atoms with van der Waals surface area (Å²) in [6.45, 7) is 10.7.